The summed E-state index contributed by atoms with van der Waals surface area (Å²) in [7, 11) is 0. The fraction of sp³-hybridized carbons (Fsp3) is 0.273. The van der Waals surface area contributed by atoms with Gasteiger partial charge in [0.25, 0.3) is 5.89 Å². The van der Waals surface area contributed by atoms with E-state index in [2.05, 4.69) is 10.1 Å². The molecule has 0 bridgehead atoms. The van der Waals surface area contributed by atoms with Crippen LogP contribution in [0.1, 0.15) is 11.4 Å². The van der Waals surface area contributed by atoms with E-state index in [0.29, 0.717) is 0 Å². The summed E-state index contributed by atoms with van der Waals surface area (Å²) in [5, 5.41) is 12.9. The first kappa shape index (κ1) is 12.4. The van der Waals surface area contributed by atoms with Crippen LogP contribution in [0.25, 0.3) is 11.5 Å². The maximum atomic E-state index is 12.1. The zero-order valence-electron chi connectivity index (χ0n) is 9.32. The lowest BCUT2D eigenvalue weighted by Crippen LogP contribution is -2.12. The van der Waals surface area contributed by atoms with Crippen LogP contribution in [0.5, 0.6) is 5.75 Å². The smallest absolute Gasteiger partial charge is 0.396 e. The number of alkyl halides is 3. The number of hydrogen-bond donors (Lipinski definition) is 1. The Morgan fingerprint density at radius 3 is 2.67 bits per heavy atom. The summed E-state index contributed by atoms with van der Waals surface area (Å²) in [6.45, 7) is 1.77. The van der Waals surface area contributed by atoms with Gasteiger partial charge in [-0.3, -0.25) is 0 Å². The lowest BCUT2D eigenvalue weighted by atomic mass is 10.1. The molecule has 0 unspecified atom stereocenters. The van der Waals surface area contributed by atoms with Crippen LogP contribution in [0.3, 0.4) is 0 Å². The van der Waals surface area contributed by atoms with Crippen molar-refractivity contribution in [1.29, 1.82) is 0 Å². The molecule has 1 aromatic carbocycles. The van der Waals surface area contributed by atoms with E-state index < -0.39 is 18.4 Å². The van der Waals surface area contributed by atoms with Gasteiger partial charge in [-0.05, 0) is 24.6 Å². The number of phenols is 1. The second kappa shape index (κ2) is 4.32. The number of hydrogen-bond acceptors (Lipinski definition) is 4. The number of benzene rings is 1. The summed E-state index contributed by atoms with van der Waals surface area (Å²) in [6.07, 6.45) is -5.65. The van der Waals surface area contributed by atoms with Crippen molar-refractivity contribution in [3.05, 3.63) is 29.6 Å². The Kier molecular flexibility index (Phi) is 2.98. The van der Waals surface area contributed by atoms with Crippen molar-refractivity contribution in [3.63, 3.8) is 0 Å². The molecule has 0 fully saturated rings. The third-order valence-electron chi connectivity index (χ3n) is 2.21. The molecule has 0 spiro atoms. The van der Waals surface area contributed by atoms with Crippen LogP contribution in [0.4, 0.5) is 13.2 Å². The van der Waals surface area contributed by atoms with Crippen LogP contribution < -0.4 is 0 Å². The third kappa shape index (κ3) is 2.79. The van der Waals surface area contributed by atoms with Crippen molar-refractivity contribution < 1.29 is 22.8 Å². The molecule has 0 amide bonds. The number of phenolic OH excluding ortho intramolecular Hbond substituents is 1. The zero-order valence-corrected chi connectivity index (χ0v) is 9.32. The molecule has 1 N–H and O–H groups in total. The second-order valence-corrected chi connectivity index (χ2v) is 3.83. The molecule has 0 aliphatic rings. The number of aryl methyl sites for hydroxylation is 1. The van der Waals surface area contributed by atoms with Gasteiger partial charge in [-0.2, -0.15) is 18.2 Å². The normalized spacial score (nSPS) is 11.8. The highest BCUT2D eigenvalue weighted by Crippen LogP contribution is 2.29. The predicted molar refractivity (Wildman–Crippen MR) is 55.9 cm³/mol. The quantitative estimate of drug-likeness (QED) is 0.899. The van der Waals surface area contributed by atoms with Crippen LogP contribution >= 0.6 is 0 Å². The van der Waals surface area contributed by atoms with Crippen molar-refractivity contribution in [1.82, 2.24) is 10.1 Å². The largest absolute Gasteiger partial charge is 0.507 e. The zero-order chi connectivity index (χ0) is 13.3. The summed E-state index contributed by atoms with van der Waals surface area (Å²) in [6, 6.07) is 4.65. The van der Waals surface area contributed by atoms with E-state index in [0.717, 1.165) is 5.56 Å². The number of aromatic hydroxyl groups is 1. The molecule has 0 saturated carbocycles. The molecule has 18 heavy (non-hydrogen) atoms. The average Bonchev–Trinajstić information content (AvgIpc) is 2.63. The van der Waals surface area contributed by atoms with Gasteiger partial charge in [0.1, 0.15) is 12.2 Å². The molecular formula is C11H9F3N2O2. The molecule has 2 aromatic rings. The highest BCUT2D eigenvalue weighted by atomic mass is 19.4. The highest BCUT2D eigenvalue weighted by molar-refractivity contribution is 5.62. The van der Waals surface area contributed by atoms with E-state index >= 15 is 0 Å². The second-order valence-electron chi connectivity index (χ2n) is 3.83. The Hall–Kier alpha value is -2.05. The Balaban J connectivity index is 2.29. The van der Waals surface area contributed by atoms with Crippen LogP contribution in [0.15, 0.2) is 22.7 Å². The Labute approximate surface area is 100 Å². The molecule has 0 aliphatic heterocycles. The molecule has 0 aliphatic carbocycles. The molecule has 4 nitrogen and oxygen atoms in total. The molecule has 1 heterocycles. The fourth-order valence-corrected chi connectivity index (χ4v) is 1.44. The van der Waals surface area contributed by atoms with Gasteiger partial charge in [-0.25, -0.2) is 0 Å². The van der Waals surface area contributed by atoms with Crippen LogP contribution in [-0.4, -0.2) is 21.4 Å². The first-order valence-corrected chi connectivity index (χ1v) is 5.04. The standard InChI is InChI=1S/C11H9F3N2O2/c1-6-2-3-7(8(17)4-6)10-15-9(16-18-10)5-11(12,13)14/h2-4,17H,5H2,1H3. The fourth-order valence-electron chi connectivity index (χ4n) is 1.44. The van der Waals surface area contributed by atoms with E-state index in [1.54, 1.807) is 13.0 Å². The third-order valence-corrected chi connectivity index (χ3v) is 2.21. The van der Waals surface area contributed by atoms with Gasteiger partial charge in [-0.1, -0.05) is 11.2 Å². The van der Waals surface area contributed by atoms with Gasteiger partial charge in [0.2, 0.25) is 0 Å². The maximum Gasteiger partial charge on any atom is 0.396 e. The summed E-state index contributed by atoms with van der Waals surface area (Å²) >= 11 is 0. The van der Waals surface area contributed by atoms with Crippen LogP contribution in [0.2, 0.25) is 0 Å². The van der Waals surface area contributed by atoms with Gasteiger partial charge in [0, 0.05) is 0 Å². The number of halogens is 3. The van der Waals surface area contributed by atoms with Crippen molar-refractivity contribution in [3.8, 4) is 17.2 Å². The van der Waals surface area contributed by atoms with Crippen molar-refractivity contribution in [2.75, 3.05) is 0 Å². The minimum absolute atomic E-state index is 0.114. The summed E-state index contributed by atoms with van der Waals surface area (Å²) in [4.78, 5) is 3.60. The van der Waals surface area contributed by atoms with E-state index in [1.807, 2.05) is 0 Å². The summed E-state index contributed by atoms with van der Waals surface area (Å²) < 4.78 is 41.0. The monoisotopic (exact) mass is 258 g/mol. The van der Waals surface area contributed by atoms with Gasteiger partial charge in [0.15, 0.2) is 5.82 Å². The number of rotatable bonds is 2. The molecule has 0 radical (unpaired) electrons. The van der Waals surface area contributed by atoms with E-state index in [-0.39, 0.29) is 17.2 Å². The lowest BCUT2D eigenvalue weighted by Gasteiger charge is -2.00. The van der Waals surface area contributed by atoms with E-state index in [4.69, 9.17) is 4.52 Å². The Morgan fingerprint density at radius 2 is 2.06 bits per heavy atom. The van der Waals surface area contributed by atoms with Crippen LogP contribution in [-0.2, 0) is 6.42 Å². The van der Waals surface area contributed by atoms with Gasteiger partial charge in [-0.15, -0.1) is 0 Å². The number of nitrogens with zero attached hydrogens (tertiary/aromatic N) is 2. The Morgan fingerprint density at radius 1 is 1.33 bits per heavy atom. The van der Waals surface area contributed by atoms with E-state index in [1.165, 1.54) is 12.1 Å². The Bertz CT molecular complexity index is 564. The van der Waals surface area contributed by atoms with Crippen molar-refractivity contribution >= 4 is 0 Å². The average molecular weight is 258 g/mol. The predicted octanol–water partition coefficient (Wildman–Crippen LogP) is 2.86. The van der Waals surface area contributed by atoms with Gasteiger partial charge < -0.3 is 9.63 Å². The first-order valence-electron chi connectivity index (χ1n) is 5.04. The first-order chi connectivity index (χ1) is 8.35. The molecule has 96 valence electrons. The van der Waals surface area contributed by atoms with Gasteiger partial charge in [0.05, 0.1) is 5.56 Å². The molecule has 0 saturated heterocycles. The molecule has 7 heteroatoms. The minimum Gasteiger partial charge on any atom is -0.507 e. The maximum absolute atomic E-state index is 12.1. The van der Waals surface area contributed by atoms with Gasteiger partial charge >= 0.3 is 6.18 Å². The van der Waals surface area contributed by atoms with E-state index in [9.17, 15) is 18.3 Å². The van der Waals surface area contributed by atoms with Crippen molar-refractivity contribution in [2.24, 2.45) is 0 Å². The van der Waals surface area contributed by atoms with Crippen molar-refractivity contribution in [2.45, 2.75) is 19.5 Å². The lowest BCUT2D eigenvalue weighted by molar-refractivity contribution is -0.128. The highest BCUT2D eigenvalue weighted by Gasteiger charge is 2.30. The molecule has 0 atom stereocenters. The summed E-state index contributed by atoms with van der Waals surface area (Å²) in [5.41, 5.74) is 1.02. The topological polar surface area (TPSA) is 59.2 Å². The number of aromatic nitrogens is 2. The minimum atomic E-state index is -4.39. The van der Waals surface area contributed by atoms with Crippen LogP contribution in [0, 0.1) is 6.92 Å². The molecule has 1 aromatic heterocycles. The molecule has 2 rings (SSSR count). The SMILES string of the molecule is Cc1ccc(-c2nc(CC(F)(F)F)no2)c(O)c1. The molecular weight excluding hydrogens is 249 g/mol. The summed E-state index contributed by atoms with van der Waals surface area (Å²) in [5.74, 6) is -0.707.